The molecule has 0 aliphatic heterocycles. The second-order valence-electron chi connectivity index (χ2n) is 8.87. The van der Waals surface area contributed by atoms with Gasteiger partial charge in [-0.15, -0.1) is 0 Å². The molecule has 154 valence electrons. The maximum atomic E-state index is 12.8. The van der Waals surface area contributed by atoms with E-state index >= 15 is 0 Å². The Morgan fingerprint density at radius 1 is 0.931 bits per heavy atom. The first kappa shape index (κ1) is 21.0. The summed E-state index contributed by atoms with van der Waals surface area (Å²) in [6.07, 6.45) is 9.83. The molecule has 1 heterocycles. The van der Waals surface area contributed by atoms with Crippen LogP contribution in [0.2, 0.25) is 0 Å². The summed E-state index contributed by atoms with van der Waals surface area (Å²) < 4.78 is 0. The lowest BCUT2D eigenvalue weighted by Crippen LogP contribution is -2.34. The number of anilines is 1. The summed E-state index contributed by atoms with van der Waals surface area (Å²) in [7, 11) is 0. The van der Waals surface area contributed by atoms with Crippen LogP contribution in [0.1, 0.15) is 85.6 Å². The van der Waals surface area contributed by atoms with Crippen LogP contribution in [0.5, 0.6) is 0 Å². The number of aromatic nitrogens is 1. The lowest BCUT2D eigenvalue weighted by molar-refractivity contribution is 0.0933. The molecule has 0 atom stereocenters. The van der Waals surface area contributed by atoms with Crippen LogP contribution in [0, 0.1) is 0 Å². The average molecular weight is 394 g/mol. The van der Waals surface area contributed by atoms with Gasteiger partial charge in [-0.1, -0.05) is 64.7 Å². The first-order chi connectivity index (χ1) is 13.8. The highest BCUT2D eigenvalue weighted by Crippen LogP contribution is 2.29. The molecule has 2 amide bonds. The SMILES string of the molecule is CC(C)(C)c1ccccc1NC(=O)c1cncc(C(=O)NC2CCCCCC2)c1. The van der Waals surface area contributed by atoms with Gasteiger partial charge in [0.15, 0.2) is 0 Å². The summed E-state index contributed by atoms with van der Waals surface area (Å²) in [4.78, 5) is 29.6. The van der Waals surface area contributed by atoms with Crippen molar-refractivity contribution in [3.05, 3.63) is 59.4 Å². The van der Waals surface area contributed by atoms with Crippen molar-refractivity contribution in [3.8, 4) is 0 Å². The Morgan fingerprint density at radius 3 is 2.21 bits per heavy atom. The normalized spacial score (nSPS) is 15.4. The molecule has 0 unspecified atom stereocenters. The average Bonchev–Trinajstić information content (AvgIpc) is 2.96. The molecule has 0 radical (unpaired) electrons. The fourth-order valence-corrected chi connectivity index (χ4v) is 3.82. The molecular formula is C24H31N3O2. The fourth-order valence-electron chi connectivity index (χ4n) is 3.82. The lowest BCUT2D eigenvalue weighted by Gasteiger charge is -2.23. The third-order valence-corrected chi connectivity index (χ3v) is 5.44. The van der Waals surface area contributed by atoms with Crippen LogP contribution in [-0.2, 0) is 5.41 Å². The van der Waals surface area contributed by atoms with Gasteiger partial charge in [-0.05, 0) is 36.0 Å². The molecule has 2 N–H and O–H groups in total. The summed E-state index contributed by atoms with van der Waals surface area (Å²) in [5.41, 5.74) is 2.54. The second-order valence-corrected chi connectivity index (χ2v) is 8.87. The van der Waals surface area contributed by atoms with E-state index in [1.807, 2.05) is 24.3 Å². The van der Waals surface area contributed by atoms with Crippen molar-refractivity contribution in [2.24, 2.45) is 0 Å². The van der Waals surface area contributed by atoms with Crippen LogP contribution in [-0.4, -0.2) is 22.8 Å². The van der Waals surface area contributed by atoms with Gasteiger partial charge < -0.3 is 10.6 Å². The second kappa shape index (κ2) is 9.21. The Hall–Kier alpha value is -2.69. The topological polar surface area (TPSA) is 71.1 Å². The van der Waals surface area contributed by atoms with E-state index in [9.17, 15) is 9.59 Å². The highest BCUT2D eigenvalue weighted by molar-refractivity contribution is 6.06. The van der Waals surface area contributed by atoms with Crippen molar-refractivity contribution in [1.82, 2.24) is 10.3 Å². The number of para-hydroxylation sites is 1. The number of amides is 2. The van der Waals surface area contributed by atoms with E-state index in [0.29, 0.717) is 11.1 Å². The van der Waals surface area contributed by atoms with Crippen LogP contribution in [0.3, 0.4) is 0 Å². The van der Waals surface area contributed by atoms with Crippen molar-refractivity contribution in [3.63, 3.8) is 0 Å². The van der Waals surface area contributed by atoms with Gasteiger partial charge in [-0.25, -0.2) is 0 Å². The molecule has 29 heavy (non-hydrogen) atoms. The molecule has 5 heteroatoms. The highest BCUT2D eigenvalue weighted by atomic mass is 16.2. The number of hydrogen-bond donors (Lipinski definition) is 2. The van der Waals surface area contributed by atoms with Crippen LogP contribution in [0.4, 0.5) is 5.69 Å². The summed E-state index contributed by atoms with van der Waals surface area (Å²) in [6, 6.07) is 9.62. The maximum Gasteiger partial charge on any atom is 0.257 e. The van der Waals surface area contributed by atoms with Crippen molar-refractivity contribution in [2.75, 3.05) is 5.32 Å². The number of benzene rings is 1. The number of carbonyl (C=O) groups excluding carboxylic acids is 2. The summed E-state index contributed by atoms with van der Waals surface area (Å²) in [6.45, 7) is 6.33. The van der Waals surface area contributed by atoms with Crippen LogP contribution >= 0.6 is 0 Å². The zero-order chi connectivity index (χ0) is 20.9. The zero-order valence-electron chi connectivity index (χ0n) is 17.6. The molecule has 3 rings (SSSR count). The van der Waals surface area contributed by atoms with E-state index in [0.717, 1.165) is 36.9 Å². The minimum absolute atomic E-state index is 0.0947. The van der Waals surface area contributed by atoms with E-state index in [4.69, 9.17) is 0 Å². The van der Waals surface area contributed by atoms with Gasteiger partial charge in [-0.3, -0.25) is 14.6 Å². The summed E-state index contributed by atoms with van der Waals surface area (Å²) >= 11 is 0. The Morgan fingerprint density at radius 2 is 1.55 bits per heavy atom. The largest absolute Gasteiger partial charge is 0.349 e. The number of hydrogen-bond acceptors (Lipinski definition) is 3. The monoisotopic (exact) mass is 393 g/mol. The molecule has 0 saturated heterocycles. The number of rotatable bonds is 4. The van der Waals surface area contributed by atoms with E-state index in [2.05, 4.69) is 36.4 Å². The molecule has 2 aromatic rings. The molecular weight excluding hydrogens is 362 g/mol. The molecule has 1 aromatic heterocycles. The maximum absolute atomic E-state index is 12.8. The minimum Gasteiger partial charge on any atom is -0.349 e. The Kier molecular flexibility index (Phi) is 6.68. The fraction of sp³-hybridized carbons (Fsp3) is 0.458. The van der Waals surface area contributed by atoms with E-state index in [-0.39, 0.29) is 23.3 Å². The first-order valence-electron chi connectivity index (χ1n) is 10.5. The van der Waals surface area contributed by atoms with E-state index in [1.54, 1.807) is 6.07 Å². The third-order valence-electron chi connectivity index (χ3n) is 5.44. The van der Waals surface area contributed by atoms with Gasteiger partial charge in [0.1, 0.15) is 0 Å². The summed E-state index contributed by atoms with van der Waals surface area (Å²) in [5, 5.41) is 6.09. The number of carbonyl (C=O) groups is 2. The predicted molar refractivity (Wildman–Crippen MR) is 116 cm³/mol. The Labute approximate surface area is 173 Å². The van der Waals surface area contributed by atoms with E-state index < -0.39 is 0 Å². The quantitative estimate of drug-likeness (QED) is 0.711. The van der Waals surface area contributed by atoms with Gasteiger partial charge in [-0.2, -0.15) is 0 Å². The van der Waals surface area contributed by atoms with Gasteiger partial charge in [0.05, 0.1) is 11.1 Å². The van der Waals surface area contributed by atoms with Gasteiger partial charge in [0.2, 0.25) is 0 Å². The Balaban J connectivity index is 1.72. The lowest BCUT2D eigenvalue weighted by atomic mass is 9.86. The van der Waals surface area contributed by atoms with Gasteiger partial charge >= 0.3 is 0 Å². The van der Waals surface area contributed by atoms with Gasteiger partial charge in [0, 0.05) is 24.1 Å². The van der Waals surface area contributed by atoms with Crippen LogP contribution in [0.25, 0.3) is 0 Å². The van der Waals surface area contributed by atoms with Crippen molar-refractivity contribution < 1.29 is 9.59 Å². The van der Waals surface area contributed by atoms with Crippen molar-refractivity contribution in [1.29, 1.82) is 0 Å². The van der Waals surface area contributed by atoms with Crippen molar-refractivity contribution >= 4 is 17.5 Å². The van der Waals surface area contributed by atoms with Gasteiger partial charge in [0.25, 0.3) is 11.8 Å². The predicted octanol–water partition coefficient (Wildman–Crippen LogP) is 5.08. The Bertz CT molecular complexity index is 862. The highest BCUT2D eigenvalue weighted by Gasteiger charge is 2.20. The number of nitrogens with one attached hydrogen (secondary N) is 2. The van der Waals surface area contributed by atoms with Crippen LogP contribution < -0.4 is 10.6 Å². The standard InChI is InChI=1S/C24H31N3O2/c1-24(2,3)20-12-8-9-13-21(20)27-23(29)18-14-17(15-25-16-18)22(28)26-19-10-6-4-5-7-11-19/h8-9,12-16,19H,4-7,10-11H2,1-3H3,(H,26,28)(H,27,29). The van der Waals surface area contributed by atoms with Crippen LogP contribution in [0.15, 0.2) is 42.7 Å². The minimum atomic E-state index is -0.265. The zero-order valence-corrected chi connectivity index (χ0v) is 17.6. The molecule has 5 nitrogen and oxygen atoms in total. The molecule has 0 bridgehead atoms. The van der Waals surface area contributed by atoms with Crippen molar-refractivity contribution in [2.45, 2.75) is 70.8 Å². The summed E-state index contributed by atoms with van der Waals surface area (Å²) in [5.74, 6) is -0.424. The molecule has 1 fully saturated rings. The van der Waals surface area contributed by atoms with E-state index in [1.165, 1.54) is 25.2 Å². The first-order valence-corrected chi connectivity index (χ1v) is 10.5. The molecule has 1 aliphatic carbocycles. The third kappa shape index (κ3) is 5.66. The molecule has 1 saturated carbocycles. The number of nitrogens with zero attached hydrogens (tertiary/aromatic N) is 1. The molecule has 1 aliphatic rings. The molecule has 1 aromatic carbocycles. The molecule has 0 spiro atoms. The smallest absolute Gasteiger partial charge is 0.257 e. The number of pyridine rings is 1.